The summed E-state index contributed by atoms with van der Waals surface area (Å²) in [7, 11) is 3.18. The lowest BCUT2D eigenvalue weighted by Gasteiger charge is -2.36. The Hall–Kier alpha value is -3.55. The van der Waals surface area contributed by atoms with Crippen LogP contribution in [0.2, 0.25) is 0 Å². The van der Waals surface area contributed by atoms with Crippen molar-refractivity contribution in [2.45, 2.75) is 0 Å². The first-order valence-corrected chi connectivity index (χ1v) is 9.44. The molecule has 1 saturated heterocycles. The molecule has 8 nitrogen and oxygen atoms in total. The maximum atomic E-state index is 12.8. The van der Waals surface area contributed by atoms with Crippen molar-refractivity contribution in [3.8, 4) is 11.6 Å². The van der Waals surface area contributed by atoms with Crippen molar-refractivity contribution in [3.05, 3.63) is 48.5 Å². The smallest absolute Gasteiger partial charge is 0.323 e. The largest absolute Gasteiger partial charge is 0.495 e. The number of hydrogen-bond acceptors (Lipinski definition) is 6. The highest BCUT2D eigenvalue weighted by molar-refractivity contribution is 5.91. The zero-order chi connectivity index (χ0) is 20.2. The van der Waals surface area contributed by atoms with Crippen LogP contribution in [0.4, 0.5) is 16.3 Å². The Kier molecular flexibility index (Phi) is 5.33. The first kappa shape index (κ1) is 18.8. The number of fused-ring (bicyclic) bond motifs is 1. The maximum Gasteiger partial charge on any atom is 0.323 e. The van der Waals surface area contributed by atoms with E-state index in [-0.39, 0.29) is 6.03 Å². The molecule has 0 saturated carbocycles. The van der Waals surface area contributed by atoms with Crippen LogP contribution in [0.3, 0.4) is 0 Å². The molecule has 150 valence electrons. The van der Waals surface area contributed by atoms with Crippen molar-refractivity contribution in [1.82, 2.24) is 14.9 Å². The summed E-state index contributed by atoms with van der Waals surface area (Å²) in [5.74, 6) is 1.45. The second kappa shape index (κ2) is 8.22. The second-order valence-corrected chi connectivity index (χ2v) is 6.65. The van der Waals surface area contributed by atoms with Crippen LogP contribution in [-0.4, -0.2) is 61.3 Å². The van der Waals surface area contributed by atoms with Crippen molar-refractivity contribution < 1.29 is 14.3 Å². The fourth-order valence-electron chi connectivity index (χ4n) is 3.43. The number of urea groups is 1. The third-order valence-electron chi connectivity index (χ3n) is 4.95. The molecule has 3 aromatic rings. The minimum absolute atomic E-state index is 0.215. The van der Waals surface area contributed by atoms with Crippen molar-refractivity contribution in [2.24, 2.45) is 0 Å². The van der Waals surface area contributed by atoms with E-state index in [9.17, 15) is 4.79 Å². The number of carbonyl (C=O) groups is 1. The Bertz CT molecular complexity index is 1020. The fourth-order valence-corrected chi connectivity index (χ4v) is 3.43. The van der Waals surface area contributed by atoms with E-state index >= 15 is 0 Å². The molecule has 0 spiro atoms. The number of nitrogens with one attached hydrogen (secondary N) is 1. The topological polar surface area (TPSA) is 79.8 Å². The predicted octanol–water partition coefficient (Wildman–Crippen LogP) is 3.00. The maximum absolute atomic E-state index is 12.8. The number of hydrogen-bond donors (Lipinski definition) is 1. The van der Waals surface area contributed by atoms with E-state index in [1.165, 1.54) is 7.11 Å². The minimum atomic E-state index is -0.215. The highest BCUT2D eigenvalue weighted by Crippen LogP contribution is 2.28. The van der Waals surface area contributed by atoms with Crippen LogP contribution < -0.4 is 19.7 Å². The summed E-state index contributed by atoms with van der Waals surface area (Å²) in [6, 6.07) is 15.2. The normalized spacial score (nSPS) is 14.0. The van der Waals surface area contributed by atoms with Crippen molar-refractivity contribution >= 4 is 28.6 Å². The zero-order valence-corrected chi connectivity index (χ0v) is 16.5. The number of nitrogens with zero attached hydrogens (tertiary/aromatic N) is 4. The molecule has 1 aromatic heterocycles. The number of piperazine rings is 1. The van der Waals surface area contributed by atoms with Gasteiger partial charge in [-0.05, 0) is 24.3 Å². The van der Waals surface area contributed by atoms with E-state index in [4.69, 9.17) is 9.47 Å². The Morgan fingerprint density at radius 3 is 2.24 bits per heavy atom. The first-order chi connectivity index (χ1) is 14.2. The van der Waals surface area contributed by atoms with Gasteiger partial charge < -0.3 is 19.3 Å². The molecule has 1 aliphatic rings. The van der Waals surface area contributed by atoms with Crippen LogP contribution in [0.15, 0.2) is 48.5 Å². The number of aromatic nitrogens is 2. The number of carbonyl (C=O) groups excluding carboxylic acids is 1. The molecule has 0 aliphatic carbocycles. The second-order valence-electron chi connectivity index (χ2n) is 6.65. The van der Waals surface area contributed by atoms with Crippen molar-refractivity contribution in [3.63, 3.8) is 0 Å². The van der Waals surface area contributed by atoms with Gasteiger partial charge in [0.25, 0.3) is 5.88 Å². The van der Waals surface area contributed by atoms with Gasteiger partial charge in [0, 0.05) is 26.2 Å². The van der Waals surface area contributed by atoms with Crippen LogP contribution in [0.1, 0.15) is 0 Å². The number of para-hydroxylation sites is 4. The van der Waals surface area contributed by atoms with E-state index in [0.717, 1.165) is 11.4 Å². The van der Waals surface area contributed by atoms with Gasteiger partial charge in [-0.15, -0.1) is 0 Å². The standard InChI is InChI=1S/C21H23N5O3/c1-28-18-10-6-5-9-17(18)25-11-13-26(14-12-25)21(27)24-19-20(29-2)23-16-8-4-3-7-15(16)22-19/h3-10H,11-14H2,1-2H3,(H,22,24,27). The summed E-state index contributed by atoms with van der Waals surface area (Å²) < 4.78 is 10.8. The van der Waals surface area contributed by atoms with Crippen molar-refractivity contribution in [2.75, 3.05) is 50.6 Å². The molecule has 8 heteroatoms. The molecule has 0 atom stereocenters. The number of amides is 2. The quantitative estimate of drug-likeness (QED) is 0.734. The molecule has 4 rings (SSSR count). The van der Waals surface area contributed by atoms with Crippen LogP contribution >= 0.6 is 0 Å². The molecule has 2 amide bonds. The summed E-state index contributed by atoms with van der Waals surface area (Å²) in [4.78, 5) is 25.7. The molecule has 29 heavy (non-hydrogen) atoms. The van der Waals surface area contributed by atoms with E-state index < -0.39 is 0 Å². The Morgan fingerprint density at radius 2 is 1.55 bits per heavy atom. The number of methoxy groups -OCH3 is 2. The van der Waals surface area contributed by atoms with Gasteiger partial charge in [-0.25, -0.2) is 14.8 Å². The monoisotopic (exact) mass is 393 g/mol. The van der Waals surface area contributed by atoms with Gasteiger partial charge in [0.15, 0.2) is 5.82 Å². The molecule has 1 fully saturated rings. The fraction of sp³-hybridized carbons (Fsp3) is 0.286. The minimum Gasteiger partial charge on any atom is -0.495 e. The lowest BCUT2D eigenvalue weighted by atomic mass is 10.2. The van der Waals surface area contributed by atoms with Gasteiger partial charge in [-0.3, -0.25) is 5.32 Å². The van der Waals surface area contributed by atoms with Crippen LogP contribution in [0.5, 0.6) is 11.6 Å². The van der Waals surface area contributed by atoms with E-state index in [1.54, 1.807) is 12.0 Å². The summed E-state index contributed by atoms with van der Waals surface area (Å²) in [6.45, 7) is 2.61. The Morgan fingerprint density at radius 1 is 0.897 bits per heavy atom. The van der Waals surface area contributed by atoms with Gasteiger partial charge in [-0.2, -0.15) is 0 Å². The zero-order valence-electron chi connectivity index (χ0n) is 16.5. The lowest BCUT2D eigenvalue weighted by molar-refractivity contribution is 0.208. The molecule has 1 aliphatic heterocycles. The Balaban J connectivity index is 1.45. The SMILES string of the molecule is COc1ccccc1N1CCN(C(=O)Nc2nc3ccccc3nc2OC)CC1. The van der Waals surface area contributed by atoms with Crippen LogP contribution in [0, 0.1) is 0 Å². The lowest BCUT2D eigenvalue weighted by Crippen LogP contribution is -2.50. The first-order valence-electron chi connectivity index (χ1n) is 9.44. The van der Waals surface area contributed by atoms with E-state index in [0.29, 0.717) is 48.9 Å². The number of anilines is 2. The molecular weight excluding hydrogens is 370 g/mol. The molecule has 2 aromatic carbocycles. The highest BCUT2D eigenvalue weighted by atomic mass is 16.5. The Labute approximate surface area is 169 Å². The summed E-state index contributed by atoms with van der Waals surface area (Å²) in [5, 5.41) is 2.85. The number of benzene rings is 2. The molecule has 0 radical (unpaired) electrons. The molecule has 2 heterocycles. The molecule has 0 unspecified atom stereocenters. The molecule has 1 N–H and O–H groups in total. The number of ether oxygens (including phenoxy) is 2. The summed E-state index contributed by atoms with van der Waals surface area (Å²) in [6.07, 6.45) is 0. The van der Waals surface area contributed by atoms with Gasteiger partial charge in [0.2, 0.25) is 0 Å². The van der Waals surface area contributed by atoms with Gasteiger partial charge >= 0.3 is 6.03 Å². The average Bonchev–Trinajstić information content (AvgIpc) is 2.78. The third kappa shape index (κ3) is 3.87. The summed E-state index contributed by atoms with van der Waals surface area (Å²) in [5.41, 5.74) is 2.45. The predicted molar refractivity (Wildman–Crippen MR) is 112 cm³/mol. The van der Waals surface area contributed by atoms with Gasteiger partial charge in [-0.1, -0.05) is 24.3 Å². The van der Waals surface area contributed by atoms with Gasteiger partial charge in [0.1, 0.15) is 5.75 Å². The summed E-state index contributed by atoms with van der Waals surface area (Å²) >= 11 is 0. The van der Waals surface area contributed by atoms with E-state index in [2.05, 4.69) is 20.2 Å². The number of rotatable bonds is 4. The van der Waals surface area contributed by atoms with Crippen molar-refractivity contribution in [1.29, 1.82) is 0 Å². The average molecular weight is 393 g/mol. The third-order valence-corrected chi connectivity index (χ3v) is 4.95. The van der Waals surface area contributed by atoms with Crippen LogP contribution in [0.25, 0.3) is 11.0 Å². The molecular formula is C21H23N5O3. The van der Waals surface area contributed by atoms with Gasteiger partial charge in [0.05, 0.1) is 30.9 Å². The molecule has 0 bridgehead atoms. The van der Waals surface area contributed by atoms with E-state index in [1.807, 2.05) is 48.5 Å². The highest BCUT2D eigenvalue weighted by Gasteiger charge is 2.24. The van der Waals surface area contributed by atoms with Crippen LogP contribution in [-0.2, 0) is 0 Å².